The van der Waals surface area contributed by atoms with Gasteiger partial charge in [-0.25, -0.2) is 0 Å². The van der Waals surface area contributed by atoms with Crippen LogP contribution >= 0.6 is 23.1 Å². The molecular weight excluding hydrogens is 310 g/mol. The van der Waals surface area contributed by atoms with Gasteiger partial charge < -0.3 is 4.90 Å². The third-order valence-electron chi connectivity index (χ3n) is 3.95. The Labute approximate surface area is 140 Å². The highest BCUT2D eigenvalue weighted by molar-refractivity contribution is 7.99. The molecule has 1 aromatic heterocycles. The zero-order valence-electron chi connectivity index (χ0n) is 13.2. The van der Waals surface area contributed by atoms with Crippen molar-refractivity contribution in [3.63, 3.8) is 0 Å². The lowest BCUT2D eigenvalue weighted by Crippen LogP contribution is -2.29. The molecule has 0 unspecified atom stereocenters. The number of rotatable bonds is 2. The Kier molecular flexibility index (Phi) is 4.33. The number of carbonyl (C=O) groups excluding carboxylic acids is 1. The van der Waals surface area contributed by atoms with Crippen molar-refractivity contribution in [3.05, 3.63) is 57.8 Å². The molecule has 0 bridgehead atoms. The number of carbonyl (C=O) groups is 1. The summed E-state index contributed by atoms with van der Waals surface area (Å²) in [5.74, 6) is 1.16. The maximum atomic E-state index is 12.6. The molecule has 0 saturated carbocycles. The lowest BCUT2D eigenvalue weighted by molar-refractivity contribution is 0.0765. The van der Waals surface area contributed by atoms with Crippen molar-refractivity contribution < 1.29 is 4.79 Å². The monoisotopic (exact) mass is 331 g/mol. The molecule has 1 aliphatic heterocycles. The minimum absolute atomic E-state index is 0.142. The largest absolute Gasteiger partial charge is 0.321 e. The minimum Gasteiger partial charge on any atom is -0.321 e. The normalized spacial score (nSPS) is 18.7. The van der Waals surface area contributed by atoms with E-state index in [1.165, 1.54) is 22.5 Å². The lowest BCUT2D eigenvalue weighted by atomic mass is 9.87. The van der Waals surface area contributed by atoms with Crippen molar-refractivity contribution in [1.82, 2.24) is 4.90 Å². The summed E-state index contributed by atoms with van der Waals surface area (Å²) in [6.07, 6.45) is 0. The first-order chi connectivity index (χ1) is 10.5. The summed E-state index contributed by atoms with van der Waals surface area (Å²) in [6, 6.07) is 12.6. The Morgan fingerprint density at radius 3 is 2.50 bits per heavy atom. The topological polar surface area (TPSA) is 20.3 Å². The maximum absolute atomic E-state index is 12.6. The Morgan fingerprint density at radius 1 is 1.18 bits per heavy atom. The van der Waals surface area contributed by atoms with Gasteiger partial charge in [-0.05, 0) is 28.0 Å². The third-order valence-corrected chi connectivity index (χ3v) is 6.06. The van der Waals surface area contributed by atoms with Crippen molar-refractivity contribution >= 4 is 29.0 Å². The van der Waals surface area contributed by atoms with Crippen LogP contribution in [0.15, 0.2) is 41.8 Å². The van der Waals surface area contributed by atoms with Gasteiger partial charge in [0.2, 0.25) is 0 Å². The molecule has 22 heavy (non-hydrogen) atoms. The van der Waals surface area contributed by atoms with E-state index in [-0.39, 0.29) is 16.7 Å². The second kappa shape index (κ2) is 6.09. The summed E-state index contributed by atoms with van der Waals surface area (Å²) < 4.78 is 0. The Bertz CT molecular complexity index is 641. The van der Waals surface area contributed by atoms with E-state index in [4.69, 9.17) is 0 Å². The van der Waals surface area contributed by atoms with Crippen molar-refractivity contribution in [3.8, 4) is 0 Å². The molecule has 3 rings (SSSR count). The summed E-state index contributed by atoms with van der Waals surface area (Å²) in [7, 11) is 0. The van der Waals surface area contributed by atoms with Gasteiger partial charge in [0.15, 0.2) is 0 Å². The van der Waals surface area contributed by atoms with Crippen LogP contribution in [0.4, 0.5) is 0 Å². The fraction of sp³-hybridized carbons (Fsp3) is 0.389. The lowest BCUT2D eigenvalue weighted by Gasteiger charge is -2.25. The van der Waals surface area contributed by atoms with E-state index < -0.39 is 0 Å². The van der Waals surface area contributed by atoms with Gasteiger partial charge in [-0.1, -0.05) is 51.1 Å². The zero-order chi connectivity index (χ0) is 15.7. The van der Waals surface area contributed by atoms with Crippen LogP contribution in [0.1, 0.15) is 46.9 Å². The molecular formula is C18H21NOS2. The van der Waals surface area contributed by atoms with Crippen LogP contribution in [0.25, 0.3) is 0 Å². The summed E-state index contributed by atoms with van der Waals surface area (Å²) in [5.41, 5.74) is 2.71. The molecule has 0 radical (unpaired) electrons. The Hall–Kier alpha value is -1.26. The van der Waals surface area contributed by atoms with Crippen LogP contribution in [0.5, 0.6) is 0 Å². The van der Waals surface area contributed by atoms with Crippen molar-refractivity contribution in [2.24, 2.45) is 0 Å². The first kappa shape index (κ1) is 15.6. The highest BCUT2D eigenvalue weighted by Gasteiger charge is 2.31. The fourth-order valence-corrected chi connectivity index (χ4v) is 4.58. The molecule has 1 aromatic carbocycles. The van der Waals surface area contributed by atoms with E-state index >= 15 is 0 Å². The predicted molar refractivity (Wildman–Crippen MR) is 95.7 cm³/mol. The number of thioether (sulfide) groups is 1. The van der Waals surface area contributed by atoms with Gasteiger partial charge in [0.25, 0.3) is 5.91 Å². The fourth-order valence-electron chi connectivity index (χ4n) is 2.64. The molecule has 2 heterocycles. The number of amides is 1. The number of nitrogens with zero attached hydrogens (tertiary/aromatic N) is 1. The summed E-state index contributed by atoms with van der Waals surface area (Å²) in [6.45, 7) is 7.49. The van der Waals surface area contributed by atoms with Crippen LogP contribution in [0.3, 0.4) is 0 Å². The van der Waals surface area contributed by atoms with E-state index in [2.05, 4.69) is 45.0 Å². The summed E-state index contributed by atoms with van der Waals surface area (Å²) in [4.78, 5) is 15.5. The minimum atomic E-state index is 0.142. The average molecular weight is 332 g/mol. The predicted octanol–water partition coefficient (Wildman–Crippen LogP) is 4.93. The highest BCUT2D eigenvalue weighted by Crippen LogP contribution is 2.39. The van der Waals surface area contributed by atoms with Crippen LogP contribution in [0, 0.1) is 0 Å². The SMILES string of the molecule is CC(C)(C)c1ccc([C@@H]2SCCN2C(=O)c2cccs2)cc1. The summed E-state index contributed by atoms with van der Waals surface area (Å²) in [5, 5.41) is 2.10. The van der Waals surface area contributed by atoms with Crippen LogP contribution < -0.4 is 0 Å². The van der Waals surface area contributed by atoms with Gasteiger partial charge in [-0.3, -0.25) is 4.79 Å². The van der Waals surface area contributed by atoms with Gasteiger partial charge in [0, 0.05) is 12.3 Å². The molecule has 1 saturated heterocycles. The van der Waals surface area contributed by atoms with Gasteiger partial charge in [0.1, 0.15) is 5.37 Å². The molecule has 4 heteroatoms. The number of thiophene rings is 1. The first-order valence-corrected chi connectivity index (χ1v) is 9.46. The van der Waals surface area contributed by atoms with Gasteiger partial charge in [0.05, 0.1) is 4.88 Å². The molecule has 1 atom stereocenters. The Balaban J connectivity index is 1.83. The van der Waals surface area contributed by atoms with Gasteiger partial charge in [-0.2, -0.15) is 0 Å². The van der Waals surface area contributed by atoms with E-state index in [9.17, 15) is 4.79 Å². The molecule has 0 N–H and O–H groups in total. The van der Waals surface area contributed by atoms with Crippen LogP contribution in [-0.2, 0) is 5.41 Å². The summed E-state index contributed by atoms with van der Waals surface area (Å²) >= 11 is 3.37. The molecule has 1 fully saturated rings. The average Bonchev–Trinajstić information content (AvgIpc) is 3.17. The number of hydrogen-bond acceptors (Lipinski definition) is 3. The zero-order valence-corrected chi connectivity index (χ0v) is 14.8. The molecule has 116 valence electrons. The molecule has 2 nitrogen and oxygen atoms in total. The maximum Gasteiger partial charge on any atom is 0.265 e. The second-order valence-corrected chi connectivity index (χ2v) is 8.71. The molecule has 2 aromatic rings. The van der Waals surface area contributed by atoms with Crippen molar-refractivity contribution in [2.45, 2.75) is 31.6 Å². The van der Waals surface area contributed by atoms with E-state index in [1.807, 2.05) is 34.2 Å². The van der Waals surface area contributed by atoms with Crippen molar-refractivity contribution in [2.75, 3.05) is 12.3 Å². The number of hydrogen-bond donors (Lipinski definition) is 0. The van der Waals surface area contributed by atoms with Crippen molar-refractivity contribution in [1.29, 1.82) is 0 Å². The quantitative estimate of drug-likeness (QED) is 0.777. The molecule has 0 aliphatic carbocycles. The molecule has 1 aliphatic rings. The van der Waals surface area contributed by atoms with E-state index in [0.29, 0.717) is 0 Å². The third kappa shape index (κ3) is 3.08. The first-order valence-electron chi connectivity index (χ1n) is 7.53. The van der Waals surface area contributed by atoms with Crippen LogP contribution in [-0.4, -0.2) is 23.1 Å². The van der Waals surface area contributed by atoms with Gasteiger partial charge >= 0.3 is 0 Å². The Morgan fingerprint density at radius 2 is 1.91 bits per heavy atom. The standard InChI is InChI=1S/C18H21NOS2/c1-18(2,3)14-8-6-13(7-9-14)17-19(10-12-22-17)16(20)15-5-4-11-21-15/h4-9,11,17H,10,12H2,1-3H3/t17-/m0/s1. The molecule has 0 spiro atoms. The smallest absolute Gasteiger partial charge is 0.265 e. The highest BCUT2D eigenvalue weighted by atomic mass is 32.2. The molecule has 1 amide bonds. The van der Waals surface area contributed by atoms with Crippen LogP contribution in [0.2, 0.25) is 0 Å². The van der Waals surface area contributed by atoms with E-state index in [1.54, 1.807) is 0 Å². The van der Waals surface area contributed by atoms with Gasteiger partial charge in [-0.15, -0.1) is 23.1 Å². The second-order valence-electron chi connectivity index (χ2n) is 6.57. The number of benzene rings is 1. The van der Waals surface area contributed by atoms with E-state index in [0.717, 1.165) is 17.2 Å².